The molecule has 1 fully saturated rings. The third-order valence-electron chi connectivity index (χ3n) is 8.49. The zero-order valence-corrected chi connectivity index (χ0v) is 25.8. The average Bonchev–Trinajstić information content (AvgIpc) is 2.99. The van der Waals surface area contributed by atoms with Gasteiger partial charge in [-0.2, -0.15) is 0 Å². The van der Waals surface area contributed by atoms with Crippen molar-refractivity contribution < 1.29 is 14.3 Å². The Hall–Kier alpha value is -2.79. The van der Waals surface area contributed by atoms with Crippen molar-refractivity contribution in [3.05, 3.63) is 112 Å². The number of carbonyl (C=O) groups excluding carboxylic acids is 1. The minimum atomic E-state index is -0.639. The van der Waals surface area contributed by atoms with Crippen molar-refractivity contribution in [2.24, 2.45) is 5.41 Å². The van der Waals surface area contributed by atoms with Crippen LogP contribution >= 0.6 is 23.2 Å². The minimum Gasteiger partial charge on any atom is -0.497 e. The Bertz CT molecular complexity index is 1290. The van der Waals surface area contributed by atoms with Gasteiger partial charge in [-0.25, -0.2) is 0 Å². The number of ether oxygens (including phenoxy) is 2. The Kier molecular flexibility index (Phi) is 10.9. The van der Waals surface area contributed by atoms with E-state index in [9.17, 15) is 4.79 Å². The SMILES string of the molecule is C=CC[C@@]1(CCOCc2ccc(OC)cc2)C[C@H](c2cccc(Cl)c2)[C@@H](c2ccc(Cl)cc2)N(C(CC)CC)C1=O. The second-order valence-corrected chi connectivity index (χ2v) is 11.8. The first kappa shape index (κ1) is 31.2. The summed E-state index contributed by atoms with van der Waals surface area (Å²) in [4.78, 5) is 17.0. The van der Waals surface area contributed by atoms with Gasteiger partial charge in [-0.15, -0.1) is 6.58 Å². The van der Waals surface area contributed by atoms with Gasteiger partial charge in [0, 0.05) is 28.6 Å². The number of hydrogen-bond acceptors (Lipinski definition) is 3. The van der Waals surface area contributed by atoms with Gasteiger partial charge in [-0.05, 0) is 85.2 Å². The number of halogens is 2. The van der Waals surface area contributed by atoms with Crippen molar-refractivity contribution >= 4 is 29.1 Å². The lowest BCUT2D eigenvalue weighted by Gasteiger charge is -2.53. The molecule has 41 heavy (non-hydrogen) atoms. The lowest BCUT2D eigenvalue weighted by atomic mass is 9.64. The van der Waals surface area contributed by atoms with E-state index in [4.69, 9.17) is 32.7 Å². The second kappa shape index (κ2) is 14.4. The van der Waals surface area contributed by atoms with Gasteiger partial charge >= 0.3 is 0 Å². The first-order valence-electron chi connectivity index (χ1n) is 14.5. The first-order valence-corrected chi connectivity index (χ1v) is 15.3. The summed E-state index contributed by atoms with van der Waals surface area (Å²) in [6.45, 7) is 9.35. The van der Waals surface area contributed by atoms with E-state index in [1.54, 1.807) is 7.11 Å². The number of nitrogens with zero attached hydrogens (tertiary/aromatic N) is 1. The fraction of sp³-hybridized carbons (Fsp3) is 0.400. The Balaban J connectivity index is 1.71. The minimum absolute atomic E-state index is 0.0368. The smallest absolute Gasteiger partial charge is 0.229 e. The summed E-state index contributed by atoms with van der Waals surface area (Å²) in [5.74, 6) is 1.03. The third-order valence-corrected chi connectivity index (χ3v) is 8.98. The highest BCUT2D eigenvalue weighted by molar-refractivity contribution is 6.30. The highest BCUT2D eigenvalue weighted by Crippen LogP contribution is 2.54. The number of hydrogen-bond donors (Lipinski definition) is 0. The molecule has 3 aromatic rings. The van der Waals surface area contributed by atoms with Gasteiger partial charge in [0.25, 0.3) is 0 Å². The van der Waals surface area contributed by atoms with E-state index in [-0.39, 0.29) is 23.9 Å². The maximum Gasteiger partial charge on any atom is 0.229 e. The molecule has 0 aliphatic carbocycles. The molecule has 0 radical (unpaired) electrons. The predicted octanol–water partition coefficient (Wildman–Crippen LogP) is 9.42. The molecule has 4 rings (SSSR count). The topological polar surface area (TPSA) is 38.8 Å². The van der Waals surface area contributed by atoms with E-state index in [0.29, 0.717) is 42.5 Å². The molecular formula is C35H41Cl2NO3. The summed E-state index contributed by atoms with van der Waals surface area (Å²) in [5, 5.41) is 1.37. The molecule has 0 unspecified atom stereocenters. The molecule has 1 aliphatic heterocycles. The number of benzene rings is 3. The molecule has 1 amide bonds. The Labute approximate surface area is 255 Å². The van der Waals surface area contributed by atoms with Crippen LogP contribution in [0.2, 0.25) is 10.0 Å². The maximum atomic E-state index is 14.8. The van der Waals surface area contributed by atoms with Gasteiger partial charge in [-0.3, -0.25) is 4.79 Å². The number of piperidine rings is 1. The van der Waals surface area contributed by atoms with E-state index in [0.717, 1.165) is 35.3 Å². The lowest BCUT2D eigenvalue weighted by molar-refractivity contribution is -0.158. The Morgan fingerprint density at radius 3 is 2.32 bits per heavy atom. The van der Waals surface area contributed by atoms with Crippen molar-refractivity contribution in [2.75, 3.05) is 13.7 Å². The zero-order valence-electron chi connectivity index (χ0n) is 24.3. The zero-order chi connectivity index (χ0) is 29.4. The molecular weight excluding hydrogens is 553 g/mol. The number of likely N-dealkylation sites (tertiary alicyclic amines) is 1. The molecule has 0 saturated carbocycles. The highest BCUT2D eigenvalue weighted by Gasteiger charge is 2.52. The van der Waals surface area contributed by atoms with Crippen molar-refractivity contribution in [2.45, 2.75) is 70.6 Å². The maximum absolute atomic E-state index is 14.8. The normalized spacial score (nSPS) is 20.8. The molecule has 218 valence electrons. The van der Waals surface area contributed by atoms with Gasteiger partial charge in [0.1, 0.15) is 5.75 Å². The van der Waals surface area contributed by atoms with Gasteiger partial charge in [0.2, 0.25) is 5.91 Å². The van der Waals surface area contributed by atoms with E-state index in [2.05, 4.69) is 49.6 Å². The first-order chi connectivity index (χ1) is 19.9. The summed E-state index contributed by atoms with van der Waals surface area (Å²) in [7, 11) is 1.66. The van der Waals surface area contributed by atoms with Crippen LogP contribution < -0.4 is 4.74 Å². The molecule has 1 aliphatic rings. The van der Waals surface area contributed by atoms with Crippen LogP contribution in [0.15, 0.2) is 85.5 Å². The number of amides is 1. The number of carbonyl (C=O) groups is 1. The summed E-state index contributed by atoms with van der Waals surface area (Å²) >= 11 is 12.8. The fourth-order valence-corrected chi connectivity index (χ4v) is 6.64. The van der Waals surface area contributed by atoms with Crippen LogP contribution in [0, 0.1) is 5.41 Å². The standard InChI is InChI=1S/C35H41Cl2NO3/c1-5-19-35(20-21-41-24-25-11-17-31(40-4)18-12-25)23-32(27-9-8-10-29(37)22-27)33(26-13-15-28(36)16-14-26)38(34(35)39)30(6-2)7-3/h5,8-18,22,30,32-33H,1,6-7,19-21,23-24H2,2-4H3/t32-,33-,35-/m1/s1. The predicted molar refractivity (Wildman–Crippen MR) is 169 cm³/mol. The Morgan fingerprint density at radius 2 is 1.71 bits per heavy atom. The summed E-state index contributed by atoms with van der Waals surface area (Å²) < 4.78 is 11.4. The molecule has 3 atom stereocenters. The van der Waals surface area contributed by atoms with Crippen LogP contribution in [0.4, 0.5) is 0 Å². The molecule has 4 nitrogen and oxygen atoms in total. The molecule has 0 bridgehead atoms. The largest absolute Gasteiger partial charge is 0.497 e. The van der Waals surface area contributed by atoms with Crippen LogP contribution in [-0.4, -0.2) is 30.6 Å². The summed E-state index contributed by atoms with van der Waals surface area (Å²) in [5.41, 5.74) is 2.65. The van der Waals surface area contributed by atoms with Crippen LogP contribution in [0.3, 0.4) is 0 Å². The highest BCUT2D eigenvalue weighted by atomic mass is 35.5. The number of allylic oxidation sites excluding steroid dienone is 1. The molecule has 0 aromatic heterocycles. The van der Waals surface area contributed by atoms with Gasteiger partial charge in [-0.1, -0.05) is 79.5 Å². The molecule has 3 aromatic carbocycles. The monoisotopic (exact) mass is 593 g/mol. The van der Waals surface area contributed by atoms with Crippen LogP contribution in [0.25, 0.3) is 0 Å². The molecule has 0 N–H and O–H groups in total. The quantitative estimate of drug-likeness (QED) is 0.146. The van der Waals surface area contributed by atoms with Crippen molar-refractivity contribution in [1.82, 2.24) is 4.90 Å². The number of rotatable bonds is 13. The molecule has 6 heteroatoms. The second-order valence-electron chi connectivity index (χ2n) is 11.0. The third kappa shape index (κ3) is 7.17. The molecule has 1 saturated heterocycles. The Morgan fingerprint density at radius 1 is 1.00 bits per heavy atom. The lowest BCUT2D eigenvalue weighted by Crippen LogP contribution is -2.56. The van der Waals surface area contributed by atoms with E-state index in [1.807, 2.05) is 54.6 Å². The molecule has 0 spiro atoms. The number of methoxy groups -OCH3 is 1. The van der Waals surface area contributed by atoms with Gasteiger partial charge in [0.05, 0.1) is 25.2 Å². The van der Waals surface area contributed by atoms with Gasteiger partial charge < -0.3 is 14.4 Å². The van der Waals surface area contributed by atoms with Crippen LogP contribution in [0.5, 0.6) is 5.75 Å². The summed E-state index contributed by atoms with van der Waals surface area (Å²) in [6.07, 6.45) is 5.49. The van der Waals surface area contributed by atoms with E-state index >= 15 is 0 Å². The fourth-order valence-electron chi connectivity index (χ4n) is 6.32. The average molecular weight is 595 g/mol. The van der Waals surface area contributed by atoms with Gasteiger partial charge in [0.15, 0.2) is 0 Å². The van der Waals surface area contributed by atoms with E-state index < -0.39 is 5.41 Å². The summed E-state index contributed by atoms with van der Waals surface area (Å²) in [6, 6.07) is 23.9. The van der Waals surface area contributed by atoms with Crippen molar-refractivity contribution in [3.8, 4) is 5.75 Å². The van der Waals surface area contributed by atoms with Crippen LogP contribution in [0.1, 0.15) is 74.6 Å². The molecule has 1 heterocycles. The van der Waals surface area contributed by atoms with E-state index in [1.165, 1.54) is 0 Å². The van der Waals surface area contributed by atoms with Crippen molar-refractivity contribution in [1.29, 1.82) is 0 Å². The van der Waals surface area contributed by atoms with Crippen molar-refractivity contribution in [3.63, 3.8) is 0 Å². The van der Waals surface area contributed by atoms with Crippen LogP contribution in [-0.2, 0) is 16.1 Å².